The van der Waals surface area contributed by atoms with Crippen LogP contribution in [0, 0.1) is 13.8 Å². The lowest BCUT2D eigenvalue weighted by Crippen LogP contribution is -2.28. The van der Waals surface area contributed by atoms with Gasteiger partial charge in [0.15, 0.2) is 5.76 Å². The smallest absolute Gasteiger partial charge is 0.289 e. The Kier molecular flexibility index (Phi) is 3.81. The van der Waals surface area contributed by atoms with E-state index in [1.807, 2.05) is 20.0 Å². The summed E-state index contributed by atoms with van der Waals surface area (Å²) in [6.45, 7) is 4.54. The second-order valence-electron chi connectivity index (χ2n) is 4.27. The lowest BCUT2D eigenvalue weighted by atomic mass is 10.2. The number of likely N-dealkylation sites (N-methyl/N-ethyl adjacent to an activating group) is 1. The molecule has 4 nitrogen and oxygen atoms in total. The molecule has 2 aromatic rings. The number of carbonyl (C=O) groups is 1. The van der Waals surface area contributed by atoms with Crippen LogP contribution in [0.1, 0.15) is 26.0 Å². The van der Waals surface area contributed by atoms with Gasteiger partial charge in [0, 0.05) is 36.7 Å². The number of furan rings is 1. The SMILES string of the molecule is Cc1cnc(CCN(C)C(=O)c2occc2C)s1. The van der Waals surface area contributed by atoms with E-state index in [4.69, 9.17) is 4.42 Å². The molecule has 2 aromatic heterocycles. The Hall–Kier alpha value is -1.62. The lowest BCUT2D eigenvalue weighted by Gasteiger charge is -2.15. The average molecular weight is 264 g/mol. The van der Waals surface area contributed by atoms with Crippen LogP contribution in [-0.2, 0) is 6.42 Å². The van der Waals surface area contributed by atoms with Crippen LogP contribution in [0.25, 0.3) is 0 Å². The predicted octanol–water partition coefficient (Wildman–Crippen LogP) is 2.67. The quantitative estimate of drug-likeness (QED) is 0.853. The number of carbonyl (C=O) groups excluding carboxylic acids is 1. The van der Waals surface area contributed by atoms with E-state index in [1.165, 1.54) is 4.88 Å². The van der Waals surface area contributed by atoms with Gasteiger partial charge in [0.2, 0.25) is 0 Å². The van der Waals surface area contributed by atoms with Crippen molar-refractivity contribution in [1.82, 2.24) is 9.88 Å². The van der Waals surface area contributed by atoms with E-state index in [2.05, 4.69) is 4.98 Å². The van der Waals surface area contributed by atoms with Gasteiger partial charge in [-0.1, -0.05) is 0 Å². The number of rotatable bonds is 4. The molecule has 0 saturated heterocycles. The summed E-state index contributed by atoms with van der Waals surface area (Å²) in [5, 5.41) is 1.06. The molecule has 1 amide bonds. The standard InChI is InChI=1S/C13H16N2O2S/c1-9-5-7-17-12(9)13(16)15(3)6-4-11-14-8-10(2)18-11/h5,7-8H,4,6H2,1-3H3. The second-order valence-corrected chi connectivity index (χ2v) is 5.59. The third-order valence-corrected chi connectivity index (χ3v) is 3.71. The van der Waals surface area contributed by atoms with Crippen LogP contribution in [0.3, 0.4) is 0 Å². The zero-order valence-electron chi connectivity index (χ0n) is 10.8. The predicted molar refractivity (Wildman–Crippen MR) is 71.0 cm³/mol. The molecule has 0 spiro atoms. The zero-order valence-corrected chi connectivity index (χ0v) is 11.6. The van der Waals surface area contributed by atoms with Crippen molar-refractivity contribution in [2.24, 2.45) is 0 Å². The van der Waals surface area contributed by atoms with E-state index in [0.717, 1.165) is 17.0 Å². The minimum Gasteiger partial charge on any atom is -0.459 e. The van der Waals surface area contributed by atoms with Gasteiger partial charge in [0.25, 0.3) is 5.91 Å². The maximum absolute atomic E-state index is 12.1. The topological polar surface area (TPSA) is 46.3 Å². The molecule has 0 fully saturated rings. The molecule has 2 heterocycles. The Bertz CT molecular complexity index is 545. The van der Waals surface area contributed by atoms with Gasteiger partial charge in [-0.3, -0.25) is 4.79 Å². The van der Waals surface area contributed by atoms with E-state index in [-0.39, 0.29) is 5.91 Å². The largest absolute Gasteiger partial charge is 0.459 e. The fourth-order valence-electron chi connectivity index (χ4n) is 1.65. The maximum Gasteiger partial charge on any atom is 0.289 e. The Morgan fingerprint density at radius 2 is 2.28 bits per heavy atom. The molecule has 0 aliphatic rings. The van der Waals surface area contributed by atoms with Crippen molar-refractivity contribution in [2.45, 2.75) is 20.3 Å². The molecule has 0 N–H and O–H groups in total. The first-order chi connectivity index (χ1) is 8.58. The molecule has 0 aliphatic heterocycles. The van der Waals surface area contributed by atoms with Gasteiger partial charge in [-0.05, 0) is 19.9 Å². The third kappa shape index (κ3) is 2.79. The molecule has 5 heteroatoms. The molecule has 0 radical (unpaired) electrons. The summed E-state index contributed by atoms with van der Waals surface area (Å²) in [4.78, 5) is 19.2. The van der Waals surface area contributed by atoms with Crippen molar-refractivity contribution in [1.29, 1.82) is 0 Å². The Labute approximate surface area is 110 Å². The van der Waals surface area contributed by atoms with Crippen LogP contribution in [0.15, 0.2) is 22.9 Å². The average Bonchev–Trinajstić information content (AvgIpc) is 2.94. The molecule has 96 valence electrons. The van der Waals surface area contributed by atoms with E-state index in [9.17, 15) is 4.79 Å². The molecule has 0 aromatic carbocycles. The Morgan fingerprint density at radius 3 is 2.83 bits per heavy atom. The van der Waals surface area contributed by atoms with Crippen molar-refractivity contribution >= 4 is 17.2 Å². The Balaban J connectivity index is 1.94. The molecular formula is C13H16N2O2S. The highest BCUT2D eigenvalue weighted by Crippen LogP contribution is 2.14. The van der Waals surface area contributed by atoms with Gasteiger partial charge in [0.05, 0.1) is 11.3 Å². The fourth-order valence-corrected chi connectivity index (χ4v) is 2.42. The number of aromatic nitrogens is 1. The highest BCUT2D eigenvalue weighted by molar-refractivity contribution is 7.11. The first-order valence-electron chi connectivity index (χ1n) is 5.79. The third-order valence-electron chi connectivity index (χ3n) is 2.73. The molecule has 0 unspecified atom stereocenters. The van der Waals surface area contributed by atoms with Crippen LogP contribution in [0.2, 0.25) is 0 Å². The number of thiazole rings is 1. The van der Waals surface area contributed by atoms with Gasteiger partial charge < -0.3 is 9.32 Å². The number of hydrogen-bond donors (Lipinski definition) is 0. The van der Waals surface area contributed by atoms with E-state index >= 15 is 0 Å². The summed E-state index contributed by atoms with van der Waals surface area (Å²) < 4.78 is 5.20. The second kappa shape index (κ2) is 5.35. The summed E-state index contributed by atoms with van der Waals surface area (Å²) in [5.74, 6) is 0.346. The summed E-state index contributed by atoms with van der Waals surface area (Å²) in [7, 11) is 1.78. The molecular weight excluding hydrogens is 248 g/mol. The first kappa shape index (κ1) is 12.8. The highest BCUT2D eigenvalue weighted by atomic mass is 32.1. The molecule has 2 rings (SSSR count). The molecule has 0 atom stereocenters. The van der Waals surface area contributed by atoms with Crippen LogP contribution in [0.4, 0.5) is 0 Å². The van der Waals surface area contributed by atoms with Crippen LogP contribution >= 0.6 is 11.3 Å². The minimum atomic E-state index is -0.0780. The molecule has 0 saturated carbocycles. The van der Waals surface area contributed by atoms with E-state index in [0.29, 0.717) is 12.3 Å². The highest BCUT2D eigenvalue weighted by Gasteiger charge is 2.17. The molecule has 18 heavy (non-hydrogen) atoms. The van der Waals surface area contributed by atoms with E-state index < -0.39 is 0 Å². The maximum atomic E-state index is 12.1. The normalized spacial score (nSPS) is 10.6. The first-order valence-corrected chi connectivity index (χ1v) is 6.60. The monoisotopic (exact) mass is 264 g/mol. The van der Waals surface area contributed by atoms with Gasteiger partial charge in [0.1, 0.15) is 0 Å². The molecule has 0 aliphatic carbocycles. The van der Waals surface area contributed by atoms with Crippen molar-refractivity contribution < 1.29 is 9.21 Å². The minimum absolute atomic E-state index is 0.0780. The van der Waals surface area contributed by atoms with Gasteiger partial charge >= 0.3 is 0 Å². The summed E-state index contributed by atoms with van der Waals surface area (Å²) in [5.41, 5.74) is 0.872. The van der Waals surface area contributed by atoms with Gasteiger partial charge in [-0.25, -0.2) is 4.98 Å². The van der Waals surface area contributed by atoms with Crippen LogP contribution in [0.5, 0.6) is 0 Å². The van der Waals surface area contributed by atoms with Crippen LogP contribution < -0.4 is 0 Å². The summed E-state index contributed by atoms with van der Waals surface area (Å²) >= 11 is 1.67. The number of amides is 1. The molecule has 0 bridgehead atoms. The van der Waals surface area contributed by atoms with Gasteiger partial charge in [-0.15, -0.1) is 11.3 Å². The van der Waals surface area contributed by atoms with Crippen molar-refractivity contribution in [3.8, 4) is 0 Å². The van der Waals surface area contributed by atoms with E-state index in [1.54, 1.807) is 35.6 Å². The fraction of sp³-hybridized carbons (Fsp3) is 0.385. The Morgan fingerprint density at radius 1 is 1.50 bits per heavy atom. The van der Waals surface area contributed by atoms with Crippen molar-refractivity contribution in [2.75, 3.05) is 13.6 Å². The van der Waals surface area contributed by atoms with Crippen molar-refractivity contribution in [3.05, 3.63) is 39.7 Å². The number of hydrogen-bond acceptors (Lipinski definition) is 4. The summed E-state index contributed by atoms with van der Waals surface area (Å²) in [6.07, 6.45) is 4.18. The number of nitrogens with zero attached hydrogens (tertiary/aromatic N) is 2. The van der Waals surface area contributed by atoms with Crippen LogP contribution in [-0.4, -0.2) is 29.4 Å². The summed E-state index contributed by atoms with van der Waals surface area (Å²) in [6, 6.07) is 1.80. The lowest BCUT2D eigenvalue weighted by molar-refractivity contribution is 0.0764. The van der Waals surface area contributed by atoms with Crippen molar-refractivity contribution in [3.63, 3.8) is 0 Å². The zero-order chi connectivity index (χ0) is 13.1. The van der Waals surface area contributed by atoms with Gasteiger partial charge in [-0.2, -0.15) is 0 Å². The number of aryl methyl sites for hydroxylation is 2.